The van der Waals surface area contributed by atoms with Crippen molar-refractivity contribution in [2.24, 2.45) is 0 Å². The number of pyridine rings is 2. The van der Waals surface area contributed by atoms with Crippen LogP contribution in [-0.2, 0) is 0 Å². The van der Waals surface area contributed by atoms with Crippen LogP contribution in [0.4, 0.5) is 0 Å². The molecule has 2 heterocycles. The first kappa shape index (κ1) is 10.6. The molecule has 0 N–H and O–H groups in total. The molecule has 15 heavy (non-hydrogen) atoms. The Morgan fingerprint density at radius 1 is 1.33 bits per heavy atom. The monoisotopic (exact) mass is 286 g/mol. The Labute approximate surface area is 101 Å². The molecular formula is C10H8BrClN2O. The van der Waals surface area contributed by atoms with Gasteiger partial charge < -0.3 is 4.74 Å². The Balaban J connectivity index is 2.71. The molecule has 2 aromatic heterocycles. The van der Waals surface area contributed by atoms with Gasteiger partial charge in [0.1, 0.15) is 5.15 Å². The van der Waals surface area contributed by atoms with Gasteiger partial charge in [-0.25, -0.2) is 9.97 Å². The molecule has 0 saturated carbocycles. The summed E-state index contributed by atoms with van der Waals surface area (Å²) in [5.74, 6) is 0.583. The lowest BCUT2D eigenvalue weighted by atomic mass is 10.2. The third-order valence-electron chi connectivity index (χ3n) is 1.93. The number of hydrogen-bond donors (Lipinski definition) is 0. The number of nitrogens with zero attached hydrogens (tertiary/aromatic N) is 2. The summed E-state index contributed by atoms with van der Waals surface area (Å²) in [5, 5.41) is 2.26. The van der Waals surface area contributed by atoms with Crippen molar-refractivity contribution >= 4 is 38.3 Å². The zero-order chi connectivity index (χ0) is 10.8. The lowest BCUT2D eigenvalue weighted by molar-refractivity contribution is 0.331. The topological polar surface area (TPSA) is 35.0 Å². The maximum atomic E-state index is 5.83. The number of fused-ring (bicyclic) bond motifs is 1. The van der Waals surface area contributed by atoms with E-state index >= 15 is 0 Å². The fourth-order valence-corrected chi connectivity index (χ4v) is 1.89. The summed E-state index contributed by atoms with van der Waals surface area (Å²) in [5.41, 5.74) is 0. The zero-order valence-electron chi connectivity index (χ0n) is 8.00. The van der Waals surface area contributed by atoms with Crippen molar-refractivity contribution in [3.05, 3.63) is 28.1 Å². The highest BCUT2D eigenvalue weighted by molar-refractivity contribution is 9.10. The molecule has 0 saturated heterocycles. The fraction of sp³-hybridized carbons (Fsp3) is 0.200. The van der Waals surface area contributed by atoms with Gasteiger partial charge in [-0.1, -0.05) is 11.6 Å². The van der Waals surface area contributed by atoms with Crippen LogP contribution in [0.1, 0.15) is 6.92 Å². The van der Waals surface area contributed by atoms with Gasteiger partial charge in [-0.2, -0.15) is 0 Å². The number of aromatic nitrogens is 2. The fourth-order valence-electron chi connectivity index (χ4n) is 1.30. The average Bonchev–Trinajstić information content (AvgIpc) is 2.23. The SMILES string of the molecule is CCOc1ncc(Br)c2cc(Cl)ncc12. The Morgan fingerprint density at radius 2 is 2.13 bits per heavy atom. The van der Waals surface area contributed by atoms with Gasteiger partial charge in [-0.05, 0) is 28.9 Å². The molecule has 0 radical (unpaired) electrons. The van der Waals surface area contributed by atoms with E-state index in [1.54, 1.807) is 18.5 Å². The summed E-state index contributed by atoms with van der Waals surface area (Å²) in [6, 6.07) is 1.78. The van der Waals surface area contributed by atoms with Crippen LogP contribution in [0.3, 0.4) is 0 Å². The van der Waals surface area contributed by atoms with Gasteiger partial charge in [0.25, 0.3) is 0 Å². The van der Waals surface area contributed by atoms with Crippen molar-refractivity contribution in [2.75, 3.05) is 6.61 Å². The number of hydrogen-bond acceptors (Lipinski definition) is 3. The predicted molar refractivity (Wildman–Crippen MR) is 63.4 cm³/mol. The summed E-state index contributed by atoms with van der Waals surface area (Å²) in [4.78, 5) is 8.19. The first-order valence-electron chi connectivity index (χ1n) is 4.45. The van der Waals surface area contributed by atoms with Crippen LogP contribution < -0.4 is 4.74 Å². The minimum Gasteiger partial charge on any atom is -0.477 e. The summed E-state index contributed by atoms with van der Waals surface area (Å²) >= 11 is 9.24. The van der Waals surface area contributed by atoms with Crippen LogP contribution in [0.25, 0.3) is 10.8 Å². The molecule has 0 bridgehead atoms. The van der Waals surface area contributed by atoms with E-state index < -0.39 is 0 Å². The number of halogens is 2. The second-order valence-corrected chi connectivity index (χ2v) is 4.14. The Morgan fingerprint density at radius 3 is 2.87 bits per heavy atom. The van der Waals surface area contributed by atoms with Crippen molar-refractivity contribution in [1.82, 2.24) is 9.97 Å². The normalized spacial score (nSPS) is 10.6. The molecule has 0 spiro atoms. The summed E-state index contributed by atoms with van der Waals surface area (Å²) in [7, 11) is 0. The maximum absolute atomic E-state index is 5.83. The molecule has 0 fully saturated rings. The maximum Gasteiger partial charge on any atom is 0.222 e. The van der Waals surface area contributed by atoms with Gasteiger partial charge in [0, 0.05) is 22.3 Å². The van der Waals surface area contributed by atoms with Gasteiger partial charge in [0.15, 0.2) is 0 Å². The largest absolute Gasteiger partial charge is 0.477 e. The first-order chi connectivity index (χ1) is 7.22. The second-order valence-electron chi connectivity index (χ2n) is 2.90. The zero-order valence-corrected chi connectivity index (χ0v) is 10.3. The van der Waals surface area contributed by atoms with Crippen LogP contribution in [0.5, 0.6) is 5.88 Å². The van der Waals surface area contributed by atoms with Crippen LogP contribution in [0, 0.1) is 0 Å². The van der Waals surface area contributed by atoms with Gasteiger partial charge >= 0.3 is 0 Å². The summed E-state index contributed by atoms with van der Waals surface area (Å²) in [6.45, 7) is 2.49. The third kappa shape index (κ3) is 2.06. The van der Waals surface area contributed by atoms with E-state index in [9.17, 15) is 0 Å². The number of rotatable bonds is 2. The highest BCUT2D eigenvalue weighted by Gasteiger charge is 2.07. The Bertz CT molecular complexity index is 504. The molecule has 0 aliphatic heterocycles. The van der Waals surface area contributed by atoms with Crippen LogP contribution in [0.15, 0.2) is 22.9 Å². The molecule has 0 aromatic carbocycles. The quantitative estimate of drug-likeness (QED) is 0.794. The highest BCUT2D eigenvalue weighted by atomic mass is 79.9. The molecule has 0 amide bonds. The van der Waals surface area contributed by atoms with E-state index in [-0.39, 0.29) is 0 Å². The van der Waals surface area contributed by atoms with Crippen molar-refractivity contribution in [3.8, 4) is 5.88 Å². The lowest BCUT2D eigenvalue weighted by Crippen LogP contribution is -1.95. The molecule has 0 atom stereocenters. The van der Waals surface area contributed by atoms with Crippen molar-refractivity contribution in [1.29, 1.82) is 0 Å². The van der Waals surface area contributed by atoms with Gasteiger partial charge in [0.05, 0.1) is 12.0 Å². The molecule has 5 heteroatoms. The molecule has 0 unspecified atom stereocenters. The van der Waals surface area contributed by atoms with Crippen LogP contribution >= 0.6 is 27.5 Å². The van der Waals surface area contributed by atoms with E-state index in [0.717, 1.165) is 15.2 Å². The minimum atomic E-state index is 0.455. The molecule has 78 valence electrons. The Hall–Kier alpha value is -0.870. The van der Waals surface area contributed by atoms with E-state index in [4.69, 9.17) is 16.3 Å². The minimum absolute atomic E-state index is 0.455. The van der Waals surface area contributed by atoms with E-state index in [0.29, 0.717) is 17.6 Å². The second kappa shape index (κ2) is 4.33. The average molecular weight is 288 g/mol. The van der Waals surface area contributed by atoms with Crippen molar-refractivity contribution < 1.29 is 4.74 Å². The molecule has 3 nitrogen and oxygen atoms in total. The van der Waals surface area contributed by atoms with Gasteiger partial charge in [0.2, 0.25) is 5.88 Å². The molecular weight excluding hydrogens is 279 g/mol. The molecule has 2 aromatic rings. The summed E-state index contributed by atoms with van der Waals surface area (Å²) < 4.78 is 6.28. The van der Waals surface area contributed by atoms with Crippen LogP contribution in [-0.4, -0.2) is 16.6 Å². The molecule has 2 rings (SSSR count). The number of ether oxygens (including phenoxy) is 1. The molecule has 0 aliphatic rings. The first-order valence-corrected chi connectivity index (χ1v) is 5.62. The van der Waals surface area contributed by atoms with Crippen molar-refractivity contribution in [2.45, 2.75) is 6.92 Å². The Kier molecular flexibility index (Phi) is 3.07. The standard InChI is InChI=1S/C10H8BrClN2O/c1-2-15-10-7-4-13-9(12)3-6(7)8(11)5-14-10/h3-5H,2H2,1H3. The third-order valence-corrected chi connectivity index (χ3v) is 2.77. The highest BCUT2D eigenvalue weighted by Crippen LogP contribution is 2.30. The van der Waals surface area contributed by atoms with Crippen molar-refractivity contribution in [3.63, 3.8) is 0 Å². The van der Waals surface area contributed by atoms with E-state index in [2.05, 4.69) is 25.9 Å². The van der Waals surface area contributed by atoms with Gasteiger partial charge in [-0.3, -0.25) is 0 Å². The smallest absolute Gasteiger partial charge is 0.222 e. The van der Waals surface area contributed by atoms with Crippen LogP contribution in [0.2, 0.25) is 5.15 Å². The molecule has 0 aliphatic carbocycles. The summed E-state index contributed by atoms with van der Waals surface area (Å²) in [6.07, 6.45) is 3.37. The van der Waals surface area contributed by atoms with E-state index in [1.165, 1.54) is 0 Å². The van der Waals surface area contributed by atoms with E-state index in [1.807, 2.05) is 6.92 Å². The predicted octanol–water partition coefficient (Wildman–Crippen LogP) is 3.44. The lowest BCUT2D eigenvalue weighted by Gasteiger charge is -2.07. The van der Waals surface area contributed by atoms with Gasteiger partial charge in [-0.15, -0.1) is 0 Å².